The van der Waals surface area contributed by atoms with Gasteiger partial charge in [-0.25, -0.2) is 0 Å². The van der Waals surface area contributed by atoms with E-state index in [0.717, 1.165) is 6.42 Å². The van der Waals surface area contributed by atoms with Crippen molar-refractivity contribution in [1.82, 2.24) is 15.5 Å². The fraction of sp³-hybridized carbons (Fsp3) is 0.375. The van der Waals surface area contributed by atoms with Crippen molar-refractivity contribution in [3.63, 3.8) is 0 Å². The van der Waals surface area contributed by atoms with E-state index in [1.165, 1.54) is 21.3 Å². The van der Waals surface area contributed by atoms with Crippen LogP contribution in [0.15, 0.2) is 40.9 Å². The van der Waals surface area contributed by atoms with Crippen molar-refractivity contribution in [1.29, 1.82) is 0 Å². The van der Waals surface area contributed by atoms with Gasteiger partial charge in [-0.05, 0) is 42.3 Å². The Morgan fingerprint density at radius 3 is 2.29 bits per heavy atom. The lowest BCUT2D eigenvalue weighted by atomic mass is 9.99. The summed E-state index contributed by atoms with van der Waals surface area (Å²) in [5, 5.41) is 7.64. The monoisotopic (exact) mass is 489 g/mol. The topological polar surface area (TPSA) is 105 Å². The van der Waals surface area contributed by atoms with Gasteiger partial charge in [-0.2, -0.15) is 4.98 Å². The van der Waals surface area contributed by atoms with Gasteiger partial charge in [0.2, 0.25) is 17.5 Å². The number of hydrogen-bond donors (Lipinski definition) is 1. The molecule has 0 bridgehead atoms. The molecular formula is C24H28ClN3O6. The highest BCUT2D eigenvalue weighted by Gasteiger charge is 2.27. The van der Waals surface area contributed by atoms with Crippen LogP contribution < -0.4 is 24.3 Å². The maximum atomic E-state index is 12.6. The first-order chi connectivity index (χ1) is 16.4. The zero-order valence-corrected chi connectivity index (χ0v) is 20.5. The molecule has 0 unspecified atom stereocenters. The van der Waals surface area contributed by atoms with Crippen LogP contribution >= 0.6 is 11.6 Å². The molecule has 2 atom stereocenters. The van der Waals surface area contributed by atoms with Gasteiger partial charge in [0.25, 0.3) is 5.91 Å². The van der Waals surface area contributed by atoms with Crippen LogP contribution in [0.25, 0.3) is 11.4 Å². The number of methoxy groups -OCH3 is 3. The van der Waals surface area contributed by atoms with Crippen LogP contribution in [0.2, 0.25) is 5.02 Å². The van der Waals surface area contributed by atoms with E-state index in [1.54, 1.807) is 36.4 Å². The van der Waals surface area contributed by atoms with Crippen molar-refractivity contribution >= 4 is 17.5 Å². The minimum Gasteiger partial charge on any atom is -0.493 e. The largest absolute Gasteiger partial charge is 0.493 e. The molecule has 0 spiro atoms. The molecule has 1 aromatic heterocycles. The molecule has 0 aliphatic carbocycles. The standard InChI is InChI=1S/C24H28ClN3O6/c1-6-14(2)21(26-20(29)13-33-17-9-7-16(25)8-10-17)24-27-23(28-34-24)15-11-18(30-3)22(32-5)19(12-15)31-4/h7-12,14,21H,6,13H2,1-5H3,(H,26,29)/t14-,21-/m1/s1. The smallest absolute Gasteiger partial charge is 0.258 e. The fourth-order valence-electron chi connectivity index (χ4n) is 3.27. The Morgan fingerprint density at radius 1 is 1.09 bits per heavy atom. The zero-order valence-electron chi connectivity index (χ0n) is 19.8. The van der Waals surface area contributed by atoms with Crippen molar-refractivity contribution in [2.45, 2.75) is 26.3 Å². The molecule has 3 aromatic rings. The lowest BCUT2D eigenvalue weighted by molar-refractivity contribution is -0.124. The Labute approximate surface area is 203 Å². The van der Waals surface area contributed by atoms with Crippen LogP contribution in [-0.2, 0) is 4.79 Å². The highest BCUT2D eigenvalue weighted by molar-refractivity contribution is 6.30. The van der Waals surface area contributed by atoms with Crippen molar-refractivity contribution in [2.75, 3.05) is 27.9 Å². The third kappa shape index (κ3) is 5.91. The summed E-state index contributed by atoms with van der Waals surface area (Å²) >= 11 is 5.88. The summed E-state index contributed by atoms with van der Waals surface area (Å²) in [7, 11) is 4.59. The number of nitrogens with zero attached hydrogens (tertiary/aromatic N) is 2. The van der Waals surface area contributed by atoms with Crippen LogP contribution in [0.5, 0.6) is 23.0 Å². The second kappa shape index (κ2) is 11.6. The van der Waals surface area contributed by atoms with E-state index >= 15 is 0 Å². The number of amides is 1. The number of aromatic nitrogens is 2. The molecule has 9 nitrogen and oxygen atoms in total. The Balaban J connectivity index is 1.79. The van der Waals surface area contributed by atoms with Crippen molar-refractivity contribution in [2.24, 2.45) is 5.92 Å². The van der Waals surface area contributed by atoms with Crippen molar-refractivity contribution in [3.05, 3.63) is 47.3 Å². The average molecular weight is 490 g/mol. The Morgan fingerprint density at radius 2 is 1.74 bits per heavy atom. The number of halogens is 1. The lowest BCUT2D eigenvalue weighted by Crippen LogP contribution is -2.36. The third-order valence-electron chi connectivity index (χ3n) is 5.34. The van der Waals surface area contributed by atoms with Gasteiger partial charge >= 0.3 is 0 Å². The Bertz CT molecular complexity index is 1080. The van der Waals surface area contributed by atoms with Gasteiger partial charge in [0.1, 0.15) is 11.8 Å². The Kier molecular flexibility index (Phi) is 8.59. The van der Waals surface area contributed by atoms with E-state index in [4.69, 9.17) is 35.1 Å². The van der Waals surface area contributed by atoms with Crippen LogP contribution in [0, 0.1) is 5.92 Å². The maximum absolute atomic E-state index is 12.6. The molecule has 0 radical (unpaired) electrons. The summed E-state index contributed by atoms with van der Waals surface area (Å²) in [6, 6.07) is 9.75. The van der Waals surface area contributed by atoms with Crippen molar-refractivity contribution < 1.29 is 28.3 Å². The van der Waals surface area contributed by atoms with E-state index in [2.05, 4.69) is 15.5 Å². The minimum absolute atomic E-state index is 0.0349. The maximum Gasteiger partial charge on any atom is 0.258 e. The van der Waals surface area contributed by atoms with Crippen LogP contribution in [0.4, 0.5) is 0 Å². The average Bonchev–Trinajstić information content (AvgIpc) is 3.35. The fourth-order valence-corrected chi connectivity index (χ4v) is 3.39. The second-order valence-electron chi connectivity index (χ2n) is 7.54. The predicted molar refractivity (Wildman–Crippen MR) is 127 cm³/mol. The van der Waals surface area contributed by atoms with Crippen molar-refractivity contribution in [3.8, 4) is 34.4 Å². The number of carbonyl (C=O) groups is 1. The van der Waals surface area contributed by atoms with E-state index in [1.807, 2.05) is 13.8 Å². The first kappa shape index (κ1) is 25.2. The zero-order chi connectivity index (χ0) is 24.7. The Hall–Kier alpha value is -3.46. The van der Waals surface area contributed by atoms with Crippen LogP contribution in [-0.4, -0.2) is 44.0 Å². The molecule has 0 aliphatic rings. The van der Waals surface area contributed by atoms with Gasteiger partial charge in [-0.1, -0.05) is 37.0 Å². The molecule has 1 amide bonds. The number of benzene rings is 2. The molecule has 1 N–H and O–H groups in total. The molecule has 0 saturated carbocycles. The van der Waals surface area contributed by atoms with Gasteiger partial charge in [0.05, 0.1) is 21.3 Å². The SMILES string of the molecule is CC[C@@H](C)[C@@H](NC(=O)COc1ccc(Cl)cc1)c1nc(-c2cc(OC)c(OC)c(OC)c2)no1. The summed E-state index contributed by atoms with van der Waals surface area (Å²) in [6.45, 7) is 3.85. The summed E-state index contributed by atoms with van der Waals surface area (Å²) in [6.07, 6.45) is 0.783. The van der Waals surface area contributed by atoms with Gasteiger partial charge < -0.3 is 28.8 Å². The molecule has 182 valence electrons. The van der Waals surface area contributed by atoms with Gasteiger partial charge in [-0.3, -0.25) is 4.79 Å². The molecule has 3 rings (SSSR count). The molecule has 0 saturated heterocycles. The molecule has 2 aromatic carbocycles. The molecule has 34 heavy (non-hydrogen) atoms. The molecule has 0 fully saturated rings. The first-order valence-corrected chi connectivity index (χ1v) is 11.1. The minimum atomic E-state index is -0.491. The summed E-state index contributed by atoms with van der Waals surface area (Å²) in [5.74, 6) is 2.28. The summed E-state index contributed by atoms with van der Waals surface area (Å²) < 4.78 is 27.3. The van der Waals surface area contributed by atoms with Crippen LogP contribution in [0.1, 0.15) is 32.2 Å². The van der Waals surface area contributed by atoms with E-state index in [9.17, 15) is 4.79 Å². The molecule has 0 aliphatic heterocycles. The number of carbonyl (C=O) groups excluding carboxylic acids is 1. The summed E-state index contributed by atoms with van der Waals surface area (Å²) in [5.41, 5.74) is 0.616. The first-order valence-electron chi connectivity index (χ1n) is 10.7. The van der Waals surface area contributed by atoms with Crippen LogP contribution in [0.3, 0.4) is 0 Å². The van der Waals surface area contributed by atoms with E-state index in [-0.39, 0.29) is 24.3 Å². The molecular weight excluding hydrogens is 462 g/mol. The summed E-state index contributed by atoms with van der Waals surface area (Å²) in [4.78, 5) is 17.1. The van der Waals surface area contributed by atoms with E-state index < -0.39 is 6.04 Å². The van der Waals surface area contributed by atoms with Gasteiger partial charge in [0, 0.05) is 10.6 Å². The second-order valence-corrected chi connectivity index (χ2v) is 7.98. The quantitative estimate of drug-likeness (QED) is 0.413. The number of rotatable bonds is 11. The molecule has 10 heteroatoms. The highest BCUT2D eigenvalue weighted by Crippen LogP contribution is 2.40. The van der Waals surface area contributed by atoms with Gasteiger partial charge in [-0.15, -0.1) is 0 Å². The molecule has 1 heterocycles. The van der Waals surface area contributed by atoms with E-state index in [0.29, 0.717) is 39.4 Å². The third-order valence-corrected chi connectivity index (χ3v) is 5.60. The number of nitrogens with one attached hydrogen (secondary N) is 1. The number of hydrogen-bond acceptors (Lipinski definition) is 8. The highest BCUT2D eigenvalue weighted by atomic mass is 35.5. The van der Waals surface area contributed by atoms with Gasteiger partial charge in [0.15, 0.2) is 18.1 Å². The number of ether oxygens (including phenoxy) is 4. The predicted octanol–water partition coefficient (Wildman–Crippen LogP) is 4.70. The lowest BCUT2D eigenvalue weighted by Gasteiger charge is -2.20. The normalized spacial score (nSPS) is 12.5.